The zero-order chi connectivity index (χ0) is 13.8. The molecule has 1 saturated heterocycles. The van der Waals surface area contributed by atoms with Crippen LogP contribution in [0.3, 0.4) is 0 Å². The van der Waals surface area contributed by atoms with E-state index in [0.717, 1.165) is 31.7 Å². The quantitative estimate of drug-likeness (QED) is 0.918. The molecular weight excluding hydrogens is 282 g/mol. The van der Waals surface area contributed by atoms with E-state index >= 15 is 0 Å². The Morgan fingerprint density at radius 2 is 1.80 bits per heavy atom. The van der Waals surface area contributed by atoms with Crippen LogP contribution in [0.4, 0.5) is 8.78 Å². The topological polar surface area (TPSA) is 15.3 Å². The Labute approximate surface area is 126 Å². The zero-order valence-corrected chi connectivity index (χ0v) is 12.9. The van der Waals surface area contributed by atoms with Crippen molar-refractivity contribution in [2.45, 2.75) is 32.7 Å². The van der Waals surface area contributed by atoms with E-state index in [1.54, 1.807) is 0 Å². The van der Waals surface area contributed by atoms with Gasteiger partial charge < -0.3 is 5.32 Å². The van der Waals surface area contributed by atoms with Crippen molar-refractivity contribution in [3.8, 4) is 0 Å². The number of piperazine rings is 1. The van der Waals surface area contributed by atoms with Crippen molar-refractivity contribution in [1.82, 2.24) is 10.2 Å². The number of benzene rings is 1. The molecule has 1 fully saturated rings. The Bertz CT molecular complexity index is 420. The average molecular weight is 305 g/mol. The van der Waals surface area contributed by atoms with Crippen molar-refractivity contribution in [3.05, 3.63) is 34.9 Å². The molecule has 0 aromatic heterocycles. The zero-order valence-electron chi connectivity index (χ0n) is 12.0. The van der Waals surface area contributed by atoms with E-state index in [1.807, 2.05) is 26.0 Å². The SMILES string of the molecule is Cc1ccc([C@@H](CC(F)F)N2CCNCC2)cc1C.Cl. The van der Waals surface area contributed by atoms with Crippen LogP contribution in [0.5, 0.6) is 0 Å². The second-order valence-electron chi connectivity index (χ2n) is 5.27. The molecular formula is C15H23ClF2N2. The van der Waals surface area contributed by atoms with Gasteiger partial charge in [-0.15, -0.1) is 12.4 Å². The van der Waals surface area contributed by atoms with Gasteiger partial charge in [0, 0.05) is 38.6 Å². The van der Waals surface area contributed by atoms with Crippen LogP contribution in [0.1, 0.15) is 29.2 Å². The van der Waals surface area contributed by atoms with Gasteiger partial charge in [0.05, 0.1) is 0 Å². The van der Waals surface area contributed by atoms with E-state index in [1.165, 1.54) is 11.1 Å². The van der Waals surface area contributed by atoms with E-state index in [9.17, 15) is 8.78 Å². The largest absolute Gasteiger partial charge is 0.314 e. The van der Waals surface area contributed by atoms with Crippen LogP contribution >= 0.6 is 12.4 Å². The van der Waals surface area contributed by atoms with Crippen LogP contribution in [0.15, 0.2) is 18.2 Å². The summed E-state index contributed by atoms with van der Waals surface area (Å²) < 4.78 is 25.7. The highest BCUT2D eigenvalue weighted by Gasteiger charge is 2.25. The first-order valence-electron chi connectivity index (χ1n) is 6.88. The molecule has 114 valence electrons. The monoisotopic (exact) mass is 304 g/mol. The third-order valence-corrected chi connectivity index (χ3v) is 3.91. The molecule has 2 nitrogen and oxygen atoms in total. The summed E-state index contributed by atoms with van der Waals surface area (Å²) in [5.74, 6) is 0. The number of nitrogens with zero attached hydrogens (tertiary/aromatic N) is 1. The number of nitrogens with one attached hydrogen (secondary N) is 1. The molecule has 0 radical (unpaired) electrons. The first-order valence-corrected chi connectivity index (χ1v) is 6.88. The van der Waals surface area contributed by atoms with Crippen LogP contribution in [0.25, 0.3) is 0 Å². The van der Waals surface area contributed by atoms with Gasteiger partial charge in [0.2, 0.25) is 6.43 Å². The van der Waals surface area contributed by atoms with E-state index in [2.05, 4.69) is 16.3 Å². The Morgan fingerprint density at radius 1 is 1.15 bits per heavy atom. The lowest BCUT2D eigenvalue weighted by Gasteiger charge is -2.35. The van der Waals surface area contributed by atoms with E-state index in [0.29, 0.717) is 0 Å². The molecule has 0 spiro atoms. The Balaban J connectivity index is 0.00000200. The highest BCUT2D eigenvalue weighted by atomic mass is 35.5. The maximum absolute atomic E-state index is 12.9. The standard InChI is InChI=1S/C15H22F2N2.ClH/c1-11-3-4-13(9-12(11)2)14(10-15(16)17)19-7-5-18-6-8-19;/h3-4,9,14-15,18H,5-8,10H2,1-2H3;1H/t14-;/m1./s1. The minimum absolute atomic E-state index is 0. The summed E-state index contributed by atoms with van der Waals surface area (Å²) in [5.41, 5.74) is 3.40. The molecule has 0 saturated carbocycles. The molecule has 1 aromatic rings. The highest BCUT2D eigenvalue weighted by Crippen LogP contribution is 2.28. The fourth-order valence-electron chi connectivity index (χ4n) is 2.63. The van der Waals surface area contributed by atoms with Crippen LogP contribution in [0, 0.1) is 13.8 Å². The number of aryl methyl sites for hydroxylation is 2. The number of alkyl halides is 2. The molecule has 20 heavy (non-hydrogen) atoms. The van der Waals surface area contributed by atoms with Gasteiger partial charge in [-0.2, -0.15) is 0 Å². The van der Waals surface area contributed by atoms with Gasteiger partial charge in [-0.05, 0) is 30.5 Å². The Kier molecular flexibility index (Phi) is 6.86. The molecule has 0 bridgehead atoms. The normalized spacial score (nSPS) is 17.9. The van der Waals surface area contributed by atoms with E-state index in [4.69, 9.17) is 0 Å². The molecule has 1 aromatic carbocycles. The second kappa shape index (κ2) is 7.91. The fourth-order valence-corrected chi connectivity index (χ4v) is 2.63. The molecule has 1 heterocycles. The maximum Gasteiger partial charge on any atom is 0.240 e. The lowest BCUT2D eigenvalue weighted by Crippen LogP contribution is -2.45. The highest BCUT2D eigenvalue weighted by molar-refractivity contribution is 5.85. The van der Waals surface area contributed by atoms with Crippen LogP contribution in [0.2, 0.25) is 0 Å². The van der Waals surface area contributed by atoms with Crippen molar-refractivity contribution in [3.63, 3.8) is 0 Å². The summed E-state index contributed by atoms with van der Waals surface area (Å²) in [4.78, 5) is 2.17. The average Bonchev–Trinajstić information content (AvgIpc) is 2.40. The van der Waals surface area contributed by atoms with Gasteiger partial charge in [0.1, 0.15) is 0 Å². The molecule has 0 unspecified atom stereocenters. The summed E-state index contributed by atoms with van der Waals surface area (Å²) in [6.45, 7) is 7.52. The van der Waals surface area contributed by atoms with E-state index in [-0.39, 0.29) is 24.9 Å². The molecule has 5 heteroatoms. The molecule has 0 amide bonds. The number of hydrogen-bond donors (Lipinski definition) is 1. The van der Waals surface area contributed by atoms with Crippen molar-refractivity contribution in [2.75, 3.05) is 26.2 Å². The van der Waals surface area contributed by atoms with Gasteiger partial charge >= 0.3 is 0 Å². The van der Waals surface area contributed by atoms with Gasteiger partial charge in [-0.1, -0.05) is 18.2 Å². The van der Waals surface area contributed by atoms with Crippen molar-refractivity contribution in [2.24, 2.45) is 0 Å². The number of rotatable bonds is 4. The van der Waals surface area contributed by atoms with Gasteiger partial charge in [-0.25, -0.2) is 8.78 Å². The number of halogens is 3. The first kappa shape index (κ1) is 17.3. The molecule has 1 aliphatic heterocycles. The Hall–Kier alpha value is -0.710. The minimum atomic E-state index is -2.26. The predicted octanol–water partition coefficient (Wildman–Crippen LogP) is 3.33. The fraction of sp³-hybridized carbons (Fsp3) is 0.600. The van der Waals surface area contributed by atoms with Crippen molar-refractivity contribution >= 4 is 12.4 Å². The summed E-state index contributed by atoms with van der Waals surface area (Å²) in [6, 6.07) is 5.93. The molecule has 0 aliphatic carbocycles. The third-order valence-electron chi connectivity index (χ3n) is 3.91. The predicted molar refractivity (Wildman–Crippen MR) is 81.0 cm³/mol. The van der Waals surface area contributed by atoms with Crippen molar-refractivity contribution in [1.29, 1.82) is 0 Å². The molecule has 2 rings (SSSR count). The minimum Gasteiger partial charge on any atom is -0.314 e. The number of hydrogen-bond acceptors (Lipinski definition) is 2. The van der Waals surface area contributed by atoms with E-state index < -0.39 is 6.43 Å². The van der Waals surface area contributed by atoms with Crippen LogP contribution < -0.4 is 5.32 Å². The van der Waals surface area contributed by atoms with Crippen LogP contribution in [-0.4, -0.2) is 37.5 Å². The second-order valence-corrected chi connectivity index (χ2v) is 5.27. The smallest absolute Gasteiger partial charge is 0.240 e. The van der Waals surface area contributed by atoms with Crippen LogP contribution in [-0.2, 0) is 0 Å². The summed E-state index contributed by atoms with van der Waals surface area (Å²) in [7, 11) is 0. The maximum atomic E-state index is 12.9. The summed E-state index contributed by atoms with van der Waals surface area (Å²) in [6.07, 6.45) is -2.34. The van der Waals surface area contributed by atoms with Gasteiger partial charge in [0.25, 0.3) is 0 Å². The molecule has 1 N–H and O–H groups in total. The first-order chi connectivity index (χ1) is 9.08. The van der Waals surface area contributed by atoms with Gasteiger partial charge in [0.15, 0.2) is 0 Å². The summed E-state index contributed by atoms with van der Waals surface area (Å²) in [5, 5.41) is 3.27. The van der Waals surface area contributed by atoms with Crippen molar-refractivity contribution < 1.29 is 8.78 Å². The lowest BCUT2D eigenvalue weighted by atomic mass is 9.97. The molecule has 1 atom stereocenters. The summed E-state index contributed by atoms with van der Waals surface area (Å²) >= 11 is 0. The van der Waals surface area contributed by atoms with Gasteiger partial charge in [-0.3, -0.25) is 4.90 Å². The Morgan fingerprint density at radius 3 is 2.35 bits per heavy atom. The third kappa shape index (κ3) is 4.40. The lowest BCUT2D eigenvalue weighted by molar-refractivity contribution is 0.0739. The molecule has 1 aliphatic rings.